The van der Waals surface area contributed by atoms with Crippen LogP contribution in [0, 0.1) is 17.7 Å². The summed E-state index contributed by atoms with van der Waals surface area (Å²) < 4.78 is 53.3. The maximum Gasteiger partial charge on any atom is 0.417 e. The lowest BCUT2D eigenvalue weighted by atomic mass is 9.66. The van der Waals surface area contributed by atoms with Gasteiger partial charge in [0.05, 0.1) is 16.2 Å². The molecule has 3 atom stereocenters. The largest absolute Gasteiger partial charge is 0.417 e. The molecule has 1 aliphatic carbocycles. The van der Waals surface area contributed by atoms with Crippen molar-refractivity contribution >= 4 is 11.6 Å². The minimum atomic E-state index is -4.58. The number of benzene rings is 2. The van der Waals surface area contributed by atoms with Gasteiger partial charge in [0, 0.05) is 12.5 Å². The molecule has 1 aliphatic rings. The van der Waals surface area contributed by atoms with Crippen LogP contribution in [0.3, 0.4) is 0 Å². The second kappa shape index (κ2) is 8.85. The van der Waals surface area contributed by atoms with Gasteiger partial charge in [0.1, 0.15) is 5.82 Å². The third kappa shape index (κ3) is 5.16. The highest BCUT2D eigenvalue weighted by Crippen LogP contribution is 2.47. The van der Waals surface area contributed by atoms with E-state index in [1.807, 2.05) is 19.0 Å². The fourth-order valence-electron chi connectivity index (χ4n) is 4.54. The number of hydrogen-bond acceptors (Lipinski definition) is 2. The van der Waals surface area contributed by atoms with Crippen molar-refractivity contribution in [3.8, 4) is 0 Å². The first-order valence-corrected chi connectivity index (χ1v) is 10.4. The molecule has 0 radical (unpaired) electrons. The van der Waals surface area contributed by atoms with E-state index >= 15 is 0 Å². The molecule has 3 rings (SSSR count). The average Bonchev–Trinajstić information content (AvgIpc) is 2.65. The molecule has 0 bridgehead atoms. The quantitative estimate of drug-likeness (QED) is 0.581. The summed E-state index contributed by atoms with van der Waals surface area (Å²) in [5.74, 6) is -0.269. The van der Waals surface area contributed by atoms with Crippen molar-refractivity contribution in [2.45, 2.75) is 37.5 Å². The number of aliphatic hydroxyl groups is 1. The predicted molar refractivity (Wildman–Crippen MR) is 110 cm³/mol. The summed E-state index contributed by atoms with van der Waals surface area (Å²) in [4.78, 5) is 1.94. The van der Waals surface area contributed by atoms with Crippen LogP contribution in [0.2, 0.25) is 5.02 Å². The molecule has 30 heavy (non-hydrogen) atoms. The lowest BCUT2D eigenvalue weighted by Gasteiger charge is -2.45. The number of alkyl halides is 3. The SMILES string of the molecule is CN(C)CC1CC(Cc2ccc(F)cc2)CCC1(O)c1ccc(Cl)c(C(F)(F)F)c1. The van der Waals surface area contributed by atoms with E-state index in [1.54, 1.807) is 12.1 Å². The van der Waals surface area contributed by atoms with Crippen molar-refractivity contribution in [1.29, 1.82) is 0 Å². The smallest absolute Gasteiger partial charge is 0.385 e. The van der Waals surface area contributed by atoms with Crippen LogP contribution in [-0.2, 0) is 18.2 Å². The van der Waals surface area contributed by atoms with E-state index in [2.05, 4.69) is 0 Å². The highest BCUT2D eigenvalue weighted by molar-refractivity contribution is 6.31. The highest BCUT2D eigenvalue weighted by Gasteiger charge is 2.45. The van der Waals surface area contributed by atoms with Crippen LogP contribution in [0.5, 0.6) is 0 Å². The molecule has 1 N–H and O–H groups in total. The lowest BCUT2D eigenvalue weighted by molar-refractivity contribution is -0.137. The Labute approximate surface area is 179 Å². The third-order valence-corrected chi connectivity index (χ3v) is 6.35. The van der Waals surface area contributed by atoms with Gasteiger partial charge in [-0.25, -0.2) is 4.39 Å². The van der Waals surface area contributed by atoms with Gasteiger partial charge in [0.15, 0.2) is 0 Å². The molecular formula is C23H26ClF4NO. The maximum atomic E-state index is 13.4. The molecule has 0 spiro atoms. The molecule has 1 saturated carbocycles. The summed E-state index contributed by atoms with van der Waals surface area (Å²) in [5.41, 5.74) is -1.02. The molecule has 0 aromatic heterocycles. The van der Waals surface area contributed by atoms with Gasteiger partial charge in [-0.15, -0.1) is 0 Å². The Morgan fingerprint density at radius 2 is 1.80 bits per heavy atom. The first kappa shape index (κ1) is 23.0. The summed E-state index contributed by atoms with van der Waals surface area (Å²) >= 11 is 5.77. The molecule has 2 aromatic rings. The third-order valence-electron chi connectivity index (χ3n) is 6.02. The van der Waals surface area contributed by atoms with Gasteiger partial charge in [-0.1, -0.05) is 29.8 Å². The van der Waals surface area contributed by atoms with E-state index in [0.717, 1.165) is 18.1 Å². The molecule has 0 heterocycles. The zero-order valence-electron chi connectivity index (χ0n) is 17.0. The summed E-state index contributed by atoms with van der Waals surface area (Å²) in [6.07, 6.45) is -2.15. The van der Waals surface area contributed by atoms with E-state index in [-0.39, 0.29) is 28.2 Å². The van der Waals surface area contributed by atoms with Crippen LogP contribution in [0.25, 0.3) is 0 Å². The Bertz CT molecular complexity index is 868. The molecule has 0 aliphatic heterocycles. The van der Waals surface area contributed by atoms with Crippen molar-refractivity contribution < 1.29 is 22.7 Å². The van der Waals surface area contributed by atoms with Crippen LogP contribution >= 0.6 is 11.6 Å². The molecule has 1 fully saturated rings. The van der Waals surface area contributed by atoms with Crippen LogP contribution in [0.4, 0.5) is 17.6 Å². The van der Waals surface area contributed by atoms with E-state index in [4.69, 9.17) is 11.6 Å². The molecule has 0 amide bonds. The van der Waals surface area contributed by atoms with E-state index < -0.39 is 17.3 Å². The number of hydrogen-bond donors (Lipinski definition) is 1. The van der Waals surface area contributed by atoms with Gasteiger partial charge in [-0.3, -0.25) is 0 Å². The number of rotatable bonds is 5. The first-order valence-electron chi connectivity index (χ1n) is 9.98. The van der Waals surface area contributed by atoms with Gasteiger partial charge in [-0.05, 0) is 81.1 Å². The molecule has 2 aromatic carbocycles. The van der Waals surface area contributed by atoms with Gasteiger partial charge in [-0.2, -0.15) is 13.2 Å². The van der Waals surface area contributed by atoms with Crippen molar-refractivity contribution in [1.82, 2.24) is 4.90 Å². The lowest BCUT2D eigenvalue weighted by Crippen LogP contribution is -2.45. The van der Waals surface area contributed by atoms with Gasteiger partial charge in [0.25, 0.3) is 0 Å². The van der Waals surface area contributed by atoms with Crippen LogP contribution in [-0.4, -0.2) is 30.6 Å². The normalized spacial score (nSPS) is 25.0. The van der Waals surface area contributed by atoms with E-state index in [1.165, 1.54) is 24.3 Å². The number of halogens is 5. The Kier molecular flexibility index (Phi) is 6.80. The predicted octanol–water partition coefficient (Wildman–Crippen LogP) is 5.91. The zero-order valence-corrected chi connectivity index (χ0v) is 17.8. The minimum absolute atomic E-state index is 0.242. The van der Waals surface area contributed by atoms with Crippen molar-refractivity contribution in [3.63, 3.8) is 0 Å². The van der Waals surface area contributed by atoms with Crippen LogP contribution in [0.15, 0.2) is 42.5 Å². The summed E-state index contributed by atoms with van der Waals surface area (Å²) in [6.45, 7) is 0.542. The zero-order chi connectivity index (χ0) is 22.1. The molecule has 7 heteroatoms. The second-order valence-corrected chi connectivity index (χ2v) is 8.95. The van der Waals surface area contributed by atoms with Crippen molar-refractivity contribution in [3.05, 3.63) is 70.0 Å². The molecular weight excluding hydrogens is 418 g/mol. The first-order chi connectivity index (χ1) is 14.0. The standard InChI is InChI=1S/C23H26ClF4NO/c1-29(2)14-18-12-16(11-15-3-6-19(25)7-4-15)9-10-22(18,30)17-5-8-21(24)20(13-17)23(26,27)28/h3-8,13,16,18,30H,9-12,14H2,1-2H3. The van der Waals surface area contributed by atoms with Gasteiger partial charge < -0.3 is 10.0 Å². The van der Waals surface area contributed by atoms with Crippen molar-refractivity contribution in [2.75, 3.05) is 20.6 Å². The molecule has 0 saturated heterocycles. The Hall–Kier alpha value is -1.63. The monoisotopic (exact) mass is 443 g/mol. The Morgan fingerprint density at radius 1 is 1.13 bits per heavy atom. The Morgan fingerprint density at radius 3 is 2.40 bits per heavy atom. The fourth-order valence-corrected chi connectivity index (χ4v) is 4.77. The van der Waals surface area contributed by atoms with E-state index in [0.29, 0.717) is 25.8 Å². The maximum absolute atomic E-state index is 13.4. The summed E-state index contributed by atoms with van der Waals surface area (Å²) in [7, 11) is 3.76. The van der Waals surface area contributed by atoms with Crippen LogP contribution in [0.1, 0.15) is 36.0 Å². The summed E-state index contributed by atoms with van der Waals surface area (Å²) in [5, 5.41) is 11.2. The van der Waals surface area contributed by atoms with Gasteiger partial charge >= 0.3 is 6.18 Å². The minimum Gasteiger partial charge on any atom is -0.385 e. The molecule has 2 nitrogen and oxygen atoms in total. The average molecular weight is 444 g/mol. The number of nitrogens with zero attached hydrogens (tertiary/aromatic N) is 1. The second-order valence-electron chi connectivity index (χ2n) is 8.55. The van der Waals surface area contributed by atoms with E-state index in [9.17, 15) is 22.7 Å². The van der Waals surface area contributed by atoms with Gasteiger partial charge in [0.2, 0.25) is 0 Å². The fraction of sp³-hybridized carbons (Fsp3) is 0.478. The van der Waals surface area contributed by atoms with Crippen LogP contribution < -0.4 is 0 Å². The molecule has 3 unspecified atom stereocenters. The van der Waals surface area contributed by atoms with Crippen molar-refractivity contribution in [2.24, 2.45) is 11.8 Å². The topological polar surface area (TPSA) is 23.5 Å². The summed E-state index contributed by atoms with van der Waals surface area (Å²) in [6, 6.07) is 10.1. The highest BCUT2D eigenvalue weighted by atomic mass is 35.5. The Balaban J connectivity index is 1.87. The molecule has 164 valence electrons.